The van der Waals surface area contributed by atoms with Crippen molar-refractivity contribution in [3.8, 4) is 0 Å². The molecule has 134 valence electrons. The summed E-state index contributed by atoms with van der Waals surface area (Å²) in [5.41, 5.74) is 0. The fourth-order valence-electron chi connectivity index (χ4n) is 1.68. The number of aliphatic hydroxyl groups excluding tert-OH is 11. The van der Waals surface area contributed by atoms with E-state index in [1.54, 1.807) is 0 Å². The molecule has 0 radical (unpaired) electrons. The second-order valence-corrected chi connectivity index (χ2v) is 4.93. The molecule has 0 heterocycles. The van der Waals surface area contributed by atoms with E-state index in [2.05, 4.69) is 0 Å². The van der Waals surface area contributed by atoms with Gasteiger partial charge in [0.25, 0.3) is 0 Å². The van der Waals surface area contributed by atoms with Crippen LogP contribution in [0.15, 0.2) is 0 Å². The van der Waals surface area contributed by atoms with Crippen molar-refractivity contribution in [3.05, 3.63) is 0 Å². The first kappa shape index (κ1) is 21.6. The van der Waals surface area contributed by atoms with Crippen LogP contribution in [0.2, 0.25) is 0 Å². The summed E-state index contributed by atoms with van der Waals surface area (Å²) in [5.74, 6) is 0. The summed E-state index contributed by atoms with van der Waals surface area (Å²) < 4.78 is 0. The van der Waals surface area contributed by atoms with Crippen molar-refractivity contribution in [3.63, 3.8) is 0 Å². The van der Waals surface area contributed by atoms with Crippen molar-refractivity contribution in [1.29, 1.82) is 0 Å². The molecule has 0 aliphatic heterocycles. The van der Waals surface area contributed by atoms with E-state index in [1.165, 1.54) is 0 Å². The molecule has 0 aromatic carbocycles. The quantitative estimate of drug-likeness (QED) is 0.180. The smallest absolute Gasteiger partial charge is 0.111 e. The molecule has 0 aromatic heterocycles. The molecule has 11 heteroatoms. The molecule has 0 rings (SSSR count). The Morgan fingerprint density at radius 2 is 0.545 bits per heavy atom. The van der Waals surface area contributed by atoms with Gasteiger partial charge in [-0.05, 0) is 0 Å². The van der Waals surface area contributed by atoms with Gasteiger partial charge in [0.1, 0.15) is 54.9 Å². The zero-order valence-corrected chi connectivity index (χ0v) is 11.5. The third-order valence-corrected chi connectivity index (χ3v) is 3.26. The molecule has 0 saturated heterocycles. The van der Waals surface area contributed by atoms with Gasteiger partial charge in [0.15, 0.2) is 0 Å². The third-order valence-electron chi connectivity index (χ3n) is 3.26. The first-order valence-electron chi connectivity index (χ1n) is 6.44. The van der Waals surface area contributed by atoms with Gasteiger partial charge < -0.3 is 56.2 Å². The van der Waals surface area contributed by atoms with Gasteiger partial charge in [0.05, 0.1) is 13.2 Å². The molecule has 8 atom stereocenters. The Hall–Kier alpha value is -0.440. The molecule has 0 spiro atoms. The van der Waals surface area contributed by atoms with E-state index in [4.69, 9.17) is 20.4 Å². The van der Waals surface area contributed by atoms with Gasteiger partial charge in [-0.2, -0.15) is 0 Å². The maximum atomic E-state index is 9.60. The standard InChI is InChI=1S/C11H24O11/c12-1-3(14)5(16)7(18)9(20)11(22)10(21)8(19)6(17)4(15)2-13/h3-22H,1-2H2. The van der Waals surface area contributed by atoms with Crippen LogP contribution in [-0.2, 0) is 0 Å². The van der Waals surface area contributed by atoms with Gasteiger partial charge >= 0.3 is 0 Å². The Morgan fingerprint density at radius 3 is 0.727 bits per heavy atom. The van der Waals surface area contributed by atoms with Crippen LogP contribution in [-0.4, -0.2) is 124 Å². The summed E-state index contributed by atoms with van der Waals surface area (Å²) in [6, 6.07) is 0. The predicted octanol–water partition coefficient (Wildman–Crippen LogP) is -6.78. The summed E-state index contributed by atoms with van der Waals surface area (Å²) in [5, 5.41) is 102. The normalized spacial score (nSPS) is 24.7. The van der Waals surface area contributed by atoms with Crippen LogP contribution in [0, 0.1) is 0 Å². The molecule has 0 saturated carbocycles. The maximum absolute atomic E-state index is 9.60. The first-order valence-corrected chi connectivity index (χ1v) is 6.44. The number of rotatable bonds is 10. The molecule has 0 aliphatic rings. The Balaban J connectivity index is 4.82. The van der Waals surface area contributed by atoms with Crippen molar-refractivity contribution >= 4 is 0 Å². The average Bonchev–Trinajstić information content (AvgIpc) is 2.55. The fourth-order valence-corrected chi connectivity index (χ4v) is 1.68. The minimum absolute atomic E-state index is 0.951. The lowest BCUT2D eigenvalue weighted by Gasteiger charge is -2.33. The monoisotopic (exact) mass is 332 g/mol. The van der Waals surface area contributed by atoms with E-state index in [9.17, 15) is 35.7 Å². The third kappa shape index (κ3) is 5.33. The van der Waals surface area contributed by atoms with Gasteiger partial charge in [-0.15, -0.1) is 0 Å². The highest BCUT2D eigenvalue weighted by Crippen LogP contribution is 2.15. The van der Waals surface area contributed by atoms with Crippen LogP contribution >= 0.6 is 0 Å². The predicted molar refractivity (Wildman–Crippen MR) is 68.2 cm³/mol. The summed E-state index contributed by atoms with van der Waals surface area (Å²) in [6.07, 6.45) is -19.0. The van der Waals surface area contributed by atoms with Crippen LogP contribution in [0.3, 0.4) is 0 Å². The molecule has 11 nitrogen and oxygen atoms in total. The van der Waals surface area contributed by atoms with E-state index >= 15 is 0 Å². The van der Waals surface area contributed by atoms with Gasteiger partial charge in [-0.25, -0.2) is 0 Å². The lowest BCUT2D eigenvalue weighted by Crippen LogP contribution is -2.57. The first-order chi connectivity index (χ1) is 10.1. The molecule has 0 aromatic rings. The molecule has 0 aliphatic carbocycles. The Bertz CT molecular complexity index is 276. The van der Waals surface area contributed by atoms with E-state index < -0.39 is 68.1 Å². The van der Waals surface area contributed by atoms with E-state index in [0.717, 1.165) is 0 Å². The van der Waals surface area contributed by atoms with Crippen molar-refractivity contribution < 1.29 is 56.2 Å². The minimum Gasteiger partial charge on any atom is -0.394 e. The van der Waals surface area contributed by atoms with Crippen LogP contribution in [0.4, 0.5) is 0 Å². The highest BCUT2D eigenvalue weighted by Gasteiger charge is 2.41. The van der Waals surface area contributed by atoms with Crippen LogP contribution in [0.25, 0.3) is 0 Å². The highest BCUT2D eigenvalue weighted by atomic mass is 16.4. The summed E-state index contributed by atoms with van der Waals surface area (Å²) >= 11 is 0. The number of hydrogen-bond acceptors (Lipinski definition) is 11. The molecule has 11 N–H and O–H groups in total. The summed E-state index contributed by atoms with van der Waals surface area (Å²) in [4.78, 5) is 0. The minimum atomic E-state index is -2.29. The lowest BCUT2D eigenvalue weighted by molar-refractivity contribution is -0.187. The summed E-state index contributed by atoms with van der Waals surface area (Å²) in [6.45, 7) is -1.90. The molecule has 0 fully saturated rings. The van der Waals surface area contributed by atoms with Gasteiger partial charge in [0.2, 0.25) is 0 Å². The van der Waals surface area contributed by atoms with Gasteiger partial charge in [0, 0.05) is 0 Å². The number of aliphatic hydroxyl groups is 11. The van der Waals surface area contributed by atoms with Crippen molar-refractivity contribution in [2.45, 2.75) is 54.9 Å². The molecule has 0 amide bonds. The average molecular weight is 332 g/mol. The molecular weight excluding hydrogens is 308 g/mol. The zero-order chi connectivity index (χ0) is 17.6. The van der Waals surface area contributed by atoms with Crippen LogP contribution in [0.5, 0.6) is 0 Å². The molecule has 0 bridgehead atoms. The van der Waals surface area contributed by atoms with Gasteiger partial charge in [-0.3, -0.25) is 0 Å². The molecule has 8 unspecified atom stereocenters. The highest BCUT2D eigenvalue weighted by molar-refractivity contribution is 4.92. The Kier molecular flexibility index (Phi) is 9.45. The second-order valence-electron chi connectivity index (χ2n) is 4.93. The SMILES string of the molecule is OCC(O)C(O)C(O)C(O)C(O)C(O)C(O)C(O)C(O)CO. The number of hydrogen-bond donors (Lipinski definition) is 11. The lowest BCUT2D eigenvalue weighted by atomic mass is 9.92. The largest absolute Gasteiger partial charge is 0.394 e. The molecular formula is C11H24O11. The van der Waals surface area contributed by atoms with Crippen LogP contribution < -0.4 is 0 Å². The van der Waals surface area contributed by atoms with Gasteiger partial charge in [-0.1, -0.05) is 0 Å². The van der Waals surface area contributed by atoms with Crippen molar-refractivity contribution in [2.75, 3.05) is 13.2 Å². The van der Waals surface area contributed by atoms with E-state index in [1.807, 2.05) is 0 Å². The second kappa shape index (κ2) is 9.64. The topological polar surface area (TPSA) is 223 Å². The van der Waals surface area contributed by atoms with E-state index in [0.29, 0.717) is 0 Å². The van der Waals surface area contributed by atoms with Crippen LogP contribution in [0.1, 0.15) is 0 Å². The maximum Gasteiger partial charge on any atom is 0.111 e. The van der Waals surface area contributed by atoms with Crippen molar-refractivity contribution in [1.82, 2.24) is 0 Å². The Labute approximate surface area is 125 Å². The Morgan fingerprint density at radius 1 is 0.364 bits per heavy atom. The summed E-state index contributed by atoms with van der Waals surface area (Å²) in [7, 11) is 0. The molecule has 22 heavy (non-hydrogen) atoms. The fraction of sp³-hybridized carbons (Fsp3) is 1.00. The van der Waals surface area contributed by atoms with E-state index in [-0.39, 0.29) is 0 Å². The zero-order valence-electron chi connectivity index (χ0n) is 11.5. The van der Waals surface area contributed by atoms with Crippen molar-refractivity contribution in [2.24, 2.45) is 0 Å².